The van der Waals surface area contributed by atoms with Gasteiger partial charge in [0.2, 0.25) is 0 Å². The molecule has 0 radical (unpaired) electrons. The predicted octanol–water partition coefficient (Wildman–Crippen LogP) is -0.663. The number of carboxylic acid groups (broad SMARTS) is 1. The van der Waals surface area contributed by atoms with Crippen molar-refractivity contribution in [1.82, 2.24) is 15.5 Å². The van der Waals surface area contributed by atoms with E-state index >= 15 is 0 Å². The smallest absolute Gasteiger partial charge is 0.317 e. The van der Waals surface area contributed by atoms with E-state index in [1.54, 1.807) is 11.9 Å². The highest BCUT2D eigenvalue weighted by atomic mass is 16.5. The van der Waals surface area contributed by atoms with Crippen molar-refractivity contribution in [3.63, 3.8) is 0 Å². The second-order valence-electron chi connectivity index (χ2n) is 4.42. The highest BCUT2D eigenvalue weighted by Gasteiger charge is 2.35. The van der Waals surface area contributed by atoms with Crippen molar-refractivity contribution in [3.05, 3.63) is 0 Å². The van der Waals surface area contributed by atoms with E-state index in [-0.39, 0.29) is 19.2 Å². The molecule has 3 N–H and O–H groups in total. The third kappa shape index (κ3) is 4.15. The van der Waals surface area contributed by atoms with Gasteiger partial charge in [-0.15, -0.1) is 0 Å². The molecule has 2 atom stereocenters. The molecule has 0 aromatic carbocycles. The van der Waals surface area contributed by atoms with Crippen LogP contribution < -0.4 is 10.6 Å². The lowest BCUT2D eigenvalue weighted by atomic mass is 10.0. The Kier molecular flexibility index (Phi) is 5.87. The lowest BCUT2D eigenvalue weighted by Gasteiger charge is -2.22. The van der Waals surface area contributed by atoms with Crippen LogP contribution in [-0.2, 0) is 9.53 Å². The van der Waals surface area contributed by atoms with Gasteiger partial charge in [-0.25, -0.2) is 4.79 Å². The minimum Gasteiger partial charge on any atom is -0.481 e. The molecule has 0 aromatic rings. The Labute approximate surface area is 106 Å². The van der Waals surface area contributed by atoms with Crippen molar-refractivity contribution < 1.29 is 19.4 Å². The van der Waals surface area contributed by atoms with Crippen molar-refractivity contribution in [2.45, 2.75) is 12.5 Å². The summed E-state index contributed by atoms with van der Waals surface area (Å²) in [6.45, 7) is 1.87. The van der Waals surface area contributed by atoms with E-state index < -0.39 is 17.9 Å². The molecule has 104 valence electrons. The number of nitrogens with zero attached hydrogens (tertiary/aromatic N) is 1. The van der Waals surface area contributed by atoms with Crippen molar-refractivity contribution in [2.24, 2.45) is 5.92 Å². The SMILES string of the molecule is CNCCCN(C)C(=O)NC1COCC1C(=O)O. The number of ether oxygens (including phenoxy) is 1. The summed E-state index contributed by atoms with van der Waals surface area (Å²) in [5.41, 5.74) is 0. The van der Waals surface area contributed by atoms with Gasteiger partial charge in [-0.05, 0) is 20.0 Å². The summed E-state index contributed by atoms with van der Waals surface area (Å²) < 4.78 is 5.09. The summed E-state index contributed by atoms with van der Waals surface area (Å²) in [4.78, 5) is 24.3. The highest BCUT2D eigenvalue weighted by molar-refractivity contribution is 5.77. The van der Waals surface area contributed by atoms with Crippen LogP contribution in [0.4, 0.5) is 4.79 Å². The molecule has 1 aliphatic rings. The van der Waals surface area contributed by atoms with Crippen molar-refractivity contribution >= 4 is 12.0 Å². The van der Waals surface area contributed by atoms with Gasteiger partial charge in [-0.3, -0.25) is 4.79 Å². The first-order valence-corrected chi connectivity index (χ1v) is 6.03. The van der Waals surface area contributed by atoms with Gasteiger partial charge >= 0.3 is 12.0 Å². The van der Waals surface area contributed by atoms with Crippen LogP contribution in [0.3, 0.4) is 0 Å². The molecule has 0 aliphatic carbocycles. The van der Waals surface area contributed by atoms with Crippen LogP contribution in [0.2, 0.25) is 0 Å². The molecule has 0 bridgehead atoms. The maximum absolute atomic E-state index is 11.8. The van der Waals surface area contributed by atoms with Gasteiger partial charge in [0.1, 0.15) is 5.92 Å². The molecule has 0 aromatic heterocycles. The average Bonchev–Trinajstić information content (AvgIpc) is 2.77. The topological polar surface area (TPSA) is 90.9 Å². The molecule has 0 saturated carbocycles. The summed E-state index contributed by atoms with van der Waals surface area (Å²) >= 11 is 0. The molecule has 1 rings (SSSR count). The fourth-order valence-corrected chi connectivity index (χ4v) is 1.80. The molecule has 2 unspecified atom stereocenters. The molecule has 18 heavy (non-hydrogen) atoms. The number of hydrogen-bond donors (Lipinski definition) is 3. The molecule has 2 amide bonds. The number of amides is 2. The van der Waals surface area contributed by atoms with Crippen molar-refractivity contribution in [2.75, 3.05) is 40.4 Å². The lowest BCUT2D eigenvalue weighted by molar-refractivity contribution is -0.142. The fourth-order valence-electron chi connectivity index (χ4n) is 1.80. The van der Waals surface area contributed by atoms with Crippen LogP contribution in [0.5, 0.6) is 0 Å². The Morgan fingerprint density at radius 1 is 1.44 bits per heavy atom. The van der Waals surface area contributed by atoms with Crippen LogP contribution in [0.15, 0.2) is 0 Å². The first-order chi connectivity index (χ1) is 8.56. The van der Waals surface area contributed by atoms with Gasteiger partial charge in [-0.2, -0.15) is 0 Å². The van der Waals surface area contributed by atoms with Crippen molar-refractivity contribution in [3.8, 4) is 0 Å². The van der Waals surface area contributed by atoms with Crippen LogP contribution in [0.1, 0.15) is 6.42 Å². The van der Waals surface area contributed by atoms with E-state index in [1.807, 2.05) is 7.05 Å². The predicted molar refractivity (Wildman–Crippen MR) is 65.4 cm³/mol. The summed E-state index contributed by atoms with van der Waals surface area (Å²) in [6.07, 6.45) is 0.851. The Morgan fingerprint density at radius 3 is 2.78 bits per heavy atom. The summed E-state index contributed by atoms with van der Waals surface area (Å²) in [5.74, 6) is -1.59. The minimum absolute atomic E-state index is 0.156. The first-order valence-electron chi connectivity index (χ1n) is 6.03. The number of nitrogens with one attached hydrogen (secondary N) is 2. The monoisotopic (exact) mass is 259 g/mol. The Morgan fingerprint density at radius 2 is 2.17 bits per heavy atom. The Hall–Kier alpha value is -1.34. The Bertz CT molecular complexity index is 298. The summed E-state index contributed by atoms with van der Waals surface area (Å²) in [7, 11) is 3.55. The van der Waals surface area contributed by atoms with Gasteiger partial charge in [0.15, 0.2) is 0 Å². The molecule has 1 heterocycles. The molecule has 1 fully saturated rings. The zero-order chi connectivity index (χ0) is 13.5. The molecule has 7 nitrogen and oxygen atoms in total. The number of carboxylic acids is 1. The average molecular weight is 259 g/mol. The lowest BCUT2D eigenvalue weighted by Crippen LogP contribution is -2.48. The van der Waals surface area contributed by atoms with Gasteiger partial charge in [0.05, 0.1) is 19.3 Å². The third-order valence-corrected chi connectivity index (χ3v) is 2.97. The van der Waals surface area contributed by atoms with E-state index in [9.17, 15) is 9.59 Å². The molecular weight excluding hydrogens is 238 g/mol. The van der Waals surface area contributed by atoms with E-state index in [2.05, 4.69) is 10.6 Å². The van der Waals surface area contributed by atoms with E-state index in [0.29, 0.717) is 6.54 Å². The zero-order valence-electron chi connectivity index (χ0n) is 10.8. The van der Waals surface area contributed by atoms with E-state index in [4.69, 9.17) is 9.84 Å². The van der Waals surface area contributed by atoms with Gasteiger partial charge < -0.3 is 25.4 Å². The molecule has 0 spiro atoms. The maximum atomic E-state index is 11.8. The second kappa shape index (κ2) is 7.17. The number of carbonyl (C=O) groups excluding carboxylic acids is 1. The number of carbonyl (C=O) groups is 2. The van der Waals surface area contributed by atoms with Gasteiger partial charge in [0.25, 0.3) is 0 Å². The van der Waals surface area contributed by atoms with Gasteiger partial charge in [-0.1, -0.05) is 0 Å². The van der Waals surface area contributed by atoms with Crippen LogP contribution in [-0.4, -0.2) is 68.4 Å². The van der Waals surface area contributed by atoms with E-state index in [1.165, 1.54) is 0 Å². The number of hydrogen-bond acceptors (Lipinski definition) is 4. The molecule has 1 aliphatic heterocycles. The van der Waals surface area contributed by atoms with E-state index in [0.717, 1.165) is 13.0 Å². The fraction of sp³-hybridized carbons (Fsp3) is 0.818. The second-order valence-corrected chi connectivity index (χ2v) is 4.42. The van der Waals surface area contributed by atoms with Crippen LogP contribution in [0, 0.1) is 5.92 Å². The molecule has 1 saturated heterocycles. The molecule has 7 heteroatoms. The van der Waals surface area contributed by atoms with Crippen molar-refractivity contribution in [1.29, 1.82) is 0 Å². The van der Waals surface area contributed by atoms with Crippen LogP contribution >= 0.6 is 0 Å². The summed E-state index contributed by atoms with van der Waals surface area (Å²) in [5, 5.41) is 14.7. The maximum Gasteiger partial charge on any atom is 0.317 e. The number of urea groups is 1. The molecular formula is C11H21N3O4. The summed E-state index contributed by atoms with van der Waals surface area (Å²) in [6, 6.07) is -0.699. The Balaban J connectivity index is 2.36. The third-order valence-electron chi connectivity index (χ3n) is 2.97. The number of aliphatic carboxylic acids is 1. The zero-order valence-corrected chi connectivity index (χ0v) is 10.8. The minimum atomic E-state index is -0.935. The first kappa shape index (κ1) is 14.7. The normalized spacial score (nSPS) is 22.8. The quantitative estimate of drug-likeness (QED) is 0.551. The van der Waals surface area contributed by atoms with Crippen LogP contribution in [0.25, 0.3) is 0 Å². The standard InChI is InChI=1S/C11H21N3O4/c1-12-4-3-5-14(2)11(17)13-9-7-18-6-8(9)10(15)16/h8-9,12H,3-7H2,1-2H3,(H,13,17)(H,15,16). The van der Waals surface area contributed by atoms with Gasteiger partial charge in [0, 0.05) is 13.6 Å². The highest BCUT2D eigenvalue weighted by Crippen LogP contribution is 2.14. The number of rotatable bonds is 6. The largest absolute Gasteiger partial charge is 0.481 e.